The van der Waals surface area contributed by atoms with Crippen LogP contribution in [0.25, 0.3) is 10.9 Å². The number of aromatic nitrogens is 2. The molecule has 0 aliphatic heterocycles. The number of rotatable bonds is 8. The molecule has 4 rings (SSSR count). The lowest BCUT2D eigenvalue weighted by molar-refractivity contribution is -0.105. The first kappa shape index (κ1) is 20.7. The van der Waals surface area contributed by atoms with E-state index in [1.165, 1.54) is 11.1 Å². The number of amides is 1. The van der Waals surface area contributed by atoms with Crippen molar-refractivity contribution in [1.29, 1.82) is 0 Å². The van der Waals surface area contributed by atoms with Crippen LogP contribution in [0.5, 0.6) is 0 Å². The molecule has 0 saturated heterocycles. The SMILES string of the molecule is CCc1cc2nc(C(O)c3ccccc3)ccc2cc1CCc1cccnc1NC=O. The van der Waals surface area contributed by atoms with Crippen molar-refractivity contribution in [1.82, 2.24) is 9.97 Å². The number of aliphatic hydroxyl groups is 1. The highest BCUT2D eigenvalue weighted by Gasteiger charge is 2.13. The lowest BCUT2D eigenvalue weighted by Gasteiger charge is -2.14. The molecule has 2 N–H and O–H groups in total. The summed E-state index contributed by atoms with van der Waals surface area (Å²) in [6.07, 6.45) is 4.10. The molecule has 5 nitrogen and oxygen atoms in total. The number of nitrogens with zero attached hydrogens (tertiary/aromatic N) is 2. The van der Waals surface area contributed by atoms with Gasteiger partial charge in [-0.3, -0.25) is 4.79 Å². The molecule has 31 heavy (non-hydrogen) atoms. The van der Waals surface area contributed by atoms with Gasteiger partial charge in [0.2, 0.25) is 6.41 Å². The molecule has 0 aliphatic rings. The molecule has 0 radical (unpaired) electrons. The summed E-state index contributed by atoms with van der Waals surface area (Å²) in [5.41, 5.74) is 5.87. The molecule has 1 atom stereocenters. The van der Waals surface area contributed by atoms with Crippen LogP contribution in [-0.2, 0) is 24.1 Å². The Kier molecular flexibility index (Phi) is 6.34. The van der Waals surface area contributed by atoms with E-state index in [9.17, 15) is 9.90 Å². The van der Waals surface area contributed by atoms with Crippen LogP contribution in [0.4, 0.5) is 5.82 Å². The molecule has 156 valence electrons. The Morgan fingerprint density at radius 2 is 1.77 bits per heavy atom. The van der Waals surface area contributed by atoms with Crippen molar-refractivity contribution in [3.8, 4) is 0 Å². The second-order valence-corrected chi connectivity index (χ2v) is 7.49. The normalized spacial score (nSPS) is 11.9. The van der Waals surface area contributed by atoms with Gasteiger partial charge in [0, 0.05) is 11.6 Å². The van der Waals surface area contributed by atoms with Gasteiger partial charge >= 0.3 is 0 Å². The van der Waals surface area contributed by atoms with Crippen molar-refractivity contribution in [3.05, 3.63) is 101 Å². The molecule has 0 saturated carbocycles. The van der Waals surface area contributed by atoms with Crippen LogP contribution in [0.2, 0.25) is 0 Å². The predicted molar refractivity (Wildman–Crippen MR) is 123 cm³/mol. The highest BCUT2D eigenvalue weighted by Crippen LogP contribution is 2.26. The van der Waals surface area contributed by atoms with E-state index in [1.54, 1.807) is 6.20 Å². The Morgan fingerprint density at radius 3 is 2.55 bits per heavy atom. The van der Waals surface area contributed by atoms with E-state index in [4.69, 9.17) is 4.98 Å². The summed E-state index contributed by atoms with van der Waals surface area (Å²) in [6, 6.07) is 21.7. The fourth-order valence-corrected chi connectivity index (χ4v) is 3.89. The molecule has 1 amide bonds. The van der Waals surface area contributed by atoms with Gasteiger partial charge in [-0.25, -0.2) is 9.97 Å². The summed E-state index contributed by atoms with van der Waals surface area (Å²) in [5, 5.41) is 14.4. The van der Waals surface area contributed by atoms with E-state index in [1.807, 2.05) is 54.6 Å². The topological polar surface area (TPSA) is 75.1 Å². The Hall–Kier alpha value is -3.57. The summed E-state index contributed by atoms with van der Waals surface area (Å²) in [7, 11) is 0. The minimum absolute atomic E-state index is 0.609. The van der Waals surface area contributed by atoms with Gasteiger partial charge in [-0.05, 0) is 65.8 Å². The molecule has 2 aromatic carbocycles. The zero-order valence-corrected chi connectivity index (χ0v) is 17.5. The van der Waals surface area contributed by atoms with Crippen molar-refractivity contribution in [3.63, 3.8) is 0 Å². The zero-order chi connectivity index (χ0) is 21.6. The van der Waals surface area contributed by atoms with Gasteiger partial charge < -0.3 is 10.4 Å². The fraction of sp³-hybridized carbons (Fsp3) is 0.192. The van der Waals surface area contributed by atoms with Gasteiger partial charge in [0.25, 0.3) is 0 Å². The van der Waals surface area contributed by atoms with Crippen LogP contribution in [-0.4, -0.2) is 21.5 Å². The van der Waals surface area contributed by atoms with Gasteiger partial charge in [-0.1, -0.05) is 49.4 Å². The lowest BCUT2D eigenvalue weighted by Crippen LogP contribution is -2.05. The average molecular weight is 412 g/mol. The lowest BCUT2D eigenvalue weighted by atomic mass is 9.96. The Bertz CT molecular complexity index is 1190. The Labute approximate surface area is 181 Å². The molecular weight excluding hydrogens is 386 g/mol. The monoisotopic (exact) mass is 411 g/mol. The first-order chi connectivity index (χ1) is 15.2. The fourth-order valence-electron chi connectivity index (χ4n) is 3.89. The molecule has 5 heteroatoms. The van der Waals surface area contributed by atoms with Gasteiger partial charge in [-0.2, -0.15) is 0 Å². The van der Waals surface area contributed by atoms with E-state index < -0.39 is 6.10 Å². The maximum Gasteiger partial charge on any atom is 0.212 e. The third-order valence-electron chi connectivity index (χ3n) is 5.56. The second-order valence-electron chi connectivity index (χ2n) is 7.49. The third kappa shape index (κ3) is 4.62. The number of carbonyl (C=O) groups is 1. The highest BCUT2D eigenvalue weighted by atomic mass is 16.3. The summed E-state index contributed by atoms with van der Waals surface area (Å²) < 4.78 is 0. The van der Waals surface area contributed by atoms with Crippen LogP contribution in [0.3, 0.4) is 0 Å². The standard InChI is InChI=1S/C26H25N3O2/c1-2-18-16-24-22(12-13-23(29-24)25(31)19-7-4-3-5-8-19)15-21(18)11-10-20-9-6-14-27-26(20)28-17-30/h3-9,12-17,25,31H,2,10-11H2,1H3,(H,27,28,30). The van der Waals surface area contributed by atoms with Gasteiger partial charge in [0.15, 0.2) is 0 Å². The van der Waals surface area contributed by atoms with Crippen LogP contribution < -0.4 is 5.32 Å². The van der Waals surface area contributed by atoms with Crippen molar-refractivity contribution < 1.29 is 9.90 Å². The third-order valence-corrected chi connectivity index (χ3v) is 5.56. The summed E-state index contributed by atoms with van der Waals surface area (Å²) in [4.78, 5) is 19.8. The van der Waals surface area contributed by atoms with Crippen molar-refractivity contribution in [2.45, 2.75) is 32.3 Å². The van der Waals surface area contributed by atoms with Crippen molar-refractivity contribution >= 4 is 23.1 Å². The zero-order valence-electron chi connectivity index (χ0n) is 17.5. The minimum atomic E-state index is -0.746. The van der Waals surface area contributed by atoms with Crippen LogP contribution in [0, 0.1) is 0 Å². The first-order valence-corrected chi connectivity index (χ1v) is 10.5. The molecule has 2 heterocycles. The van der Waals surface area contributed by atoms with E-state index in [0.717, 1.165) is 41.3 Å². The second kappa shape index (κ2) is 9.49. The highest BCUT2D eigenvalue weighted by molar-refractivity contribution is 5.81. The molecule has 0 spiro atoms. The predicted octanol–water partition coefficient (Wildman–Crippen LogP) is 4.63. The average Bonchev–Trinajstić information content (AvgIpc) is 2.82. The smallest absolute Gasteiger partial charge is 0.212 e. The number of hydrogen-bond acceptors (Lipinski definition) is 4. The summed E-state index contributed by atoms with van der Waals surface area (Å²) in [6.45, 7) is 2.14. The molecule has 0 bridgehead atoms. The molecule has 2 aromatic heterocycles. The van der Waals surface area contributed by atoms with Crippen molar-refractivity contribution in [2.24, 2.45) is 0 Å². The first-order valence-electron chi connectivity index (χ1n) is 10.5. The van der Waals surface area contributed by atoms with Crippen LogP contribution in [0.1, 0.15) is 41.0 Å². The number of nitrogens with one attached hydrogen (secondary N) is 1. The summed E-state index contributed by atoms with van der Waals surface area (Å²) >= 11 is 0. The number of benzene rings is 2. The Morgan fingerprint density at radius 1 is 0.968 bits per heavy atom. The van der Waals surface area contributed by atoms with Gasteiger partial charge in [0.05, 0.1) is 11.2 Å². The number of aliphatic hydroxyl groups excluding tert-OH is 1. The van der Waals surface area contributed by atoms with Gasteiger partial charge in [-0.15, -0.1) is 0 Å². The molecule has 0 aliphatic carbocycles. The number of anilines is 1. The molecular formula is C26H25N3O2. The maximum absolute atomic E-state index is 10.8. The maximum atomic E-state index is 10.8. The van der Waals surface area contributed by atoms with E-state index in [2.05, 4.69) is 29.4 Å². The molecule has 4 aromatic rings. The largest absolute Gasteiger partial charge is 0.382 e. The number of fused-ring (bicyclic) bond motifs is 1. The number of carbonyl (C=O) groups excluding carboxylic acids is 1. The summed E-state index contributed by atoms with van der Waals surface area (Å²) in [5.74, 6) is 0.609. The van der Waals surface area contributed by atoms with E-state index in [0.29, 0.717) is 17.9 Å². The molecule has 0 fully saturated rings. The minimum Gasteiger partial charge on any atom is -0.382 e. The van der Waals surface area contributed by atoms with Crippen molar-refractivity contribution in [2.75, 3.05) is 5.32 Å². The Balaban J connectivity index is 1.61. The van der Waals surface area contributed by atoms with Crippen LogP contribution in [0.15, 0.2) is 72.9 Å². The van der Waals surface area contributed by atoms with Gasteiger partial charge in [0.1, 0.15) is 11.9 Å². The van der Waals surface area contributed by atoms with E-state index >= 15 is 0 Å². The van der Waals surface area contributed by atoms with Crippen LogP contribution >= 0.6 is 0 Å². The van der Waals surface area contributed by atoms with E-state index in [-0.39, 0.29) is 0 Å². The molecule has 1 unspecified atom stereocenters. The number of hydrogen-bond donors (Lipinski definition) is 2. The quantitative estimate of drug-likeness (QED) is 0.415. The number of aryl methyl sites for hydroxylation is 3. The number of pyridine rings is 2.